The van der Waals surface area contributed by atoms with Gasteiger partial charge in [0.1, 0.15) is 5.82 Å². The summed E-state index contributed by atoms with van der Waals surface area (Å²) in [4.78, 5) is 8.77. The lowest BCUT2D eigenvalue weighted by Crippen LogP contribution is -2.07. The van der Waals surface area contributed by atoms with Gasteiger partial charge in [0.25, 0.3) is 0 Å². The van der Waals surface area contributed by atoms with E-state index in [1.165, 1.54) is 25.0 Å². The Bertz CT molecular complexity index is 300. The van der Waals surface area contributed by atoms with Gasteiger partial charge in [0.2, 0.25) is 0 Å². The number of halogens is 1. The second-order valence-electron chi connectivity index (χ2n) is 3.40. The van der Waals surface area contributed by atoms with E-state index in [4.69, 9.17) is 11.6 Å². The standard InChI is InChI=1S/C10H13ClN2S/c11-7-8-4-5-12-10(13-8)9-3-1-2-6-14-9/h4-5,9H,1-3,6-7H2. The van der Waals surface area contributed by atoms with E-state index in [-0.39, 0.29) is 0 Å². The van der Waals surface area contributed by atoms with Crippen LogP contribution in [0.5, 0.6) is 0 Å². The molecule has 76 valence electrons. The summed E-state index contributed by atoms with van der Waals surface area (Å²) in [6.45, 7) is 0. The van der Waals surface area contributed by atoms with Crippen molar-refractivity contribution in [1.82, 2.24) is 9.97 Å². The van der Waals surface area contributed by atoms with Gasteiger partial charge >= 0.3 is 0 Å². The summed E-state index contributed by atoms with van der Waals surface area (Å²) in [5, 5.41) is 0.493. The highest BCUT2D eigenvalue weighted by atomic mass is 35.5. The minimum atomic E-state index is 0.479. The van der Waals surface area contributed by atoms with Crippen LogP contribution in [0.25, 0.3) is 0 Å². The molecule has 0 amide bonds. The Labute approximate surface area is 93.5 Å². The van der Waals surface area contributed by atoms with Gasteiger partial charge in [-0.25, -0.2) is 9.97 Å². The molecule has 2 nitrogen and oxygen atoms in total. The van der Waals surface area contributed by atoms with Gasteiger partial charge < -0.3 is 0 Å². The second-order valence-corrected chi connectivity index (χ2v) is 4.97. The Morgan fingerprint density at radius 2 is 2.43 bits per heavy atom. The number of thioether (sulfide) groups is 1. The first-order valence-corrected chi connectivity index (χ1v) is 6.48. The molecule has 4 heteroatoms. The molecule has 2 rings (SSSR count). The fraction of sp³-hybridized carbons (Fsp3) is 0.600. The van der Waals surface area contributed by atoms with Crippen molar-refractivity contribution in [3.63, 3.8) is 0 Å². The number of hydrogen-bond acceptors (Lipinski definition) is 3. The van der Waals surface area contributed by atoms with Gasteiger partial charge in [-0.1, -0.05) is 6.42 Å². The van der Waals surface area contributed by atoms with Crippen LogP contribution in [0.4, 0.5) is 0 Å². The van der Waals surface area contributed by atoms with Crippen LogP contribution >= 0.6 is 23.4 Å². The van der Waals surface area contributed by atoms with Crippen molar-refractivity contribution in [1.29, 1.82) is 0 Å². The van der Waals surface area contributed by atoms with Crippen LogP contribution in [0.1, 0.15) is 36.0 Å². The molecular weight excluding hydrogens is 216 g/mol. The molecule has 0 aliphatic carbocycles. The maximum absolute atomic E-state index is 5.74. The van der Waals surface area contributed by atoms with Crippen molar-refractivity contribution in [2.24, 2.45) is 0 Å². The molecule has 1 aromatic rings. The lowest BCUT2D eigenvalue weighted by molar-refractivity contribution is 0.660. The van der Waals surface area contributed by atoms with E-state index < -0.39 is 0 Å². The van der Waals surface area contributed by atoms with Crippen molar-refractivity contribution in [3.05, 3.63) is 23.8 Å². The van der Waals surface area contributed by atoms with E-state index in [0.29, 0.717) is 11.1 Å². The molecule has 1 atom stereocenters. The minimum absolute atomic E-state index is 0.479. The highest BCUT2D eigenvalue weighted by Crippen LogP contribution is 2.36. The molecule has 1 unspecified atom stereocenters. The van der Waals surface area contributed by atoms with Gasteiger partial charge in [0.05, 0.1) is 16.8 Å². The predicted molar refractivity (Wildman–Crippen MR) is 60.6 cm³/mol. The van der Waals surface area contributed by atoms with Crippen LogP contribution in [0, 0.1) is 0 Å². The average Bonchev–Trinajstić information content (AvgIpc) is 2.30. The van der Waals surface area contributed by atoms with Crippen LogP contribution in [0.2, 0.25) is 0 Å². The molecule has 0 N–H and O–H groups in total. The third kappa shape index (κ3) is 2.39. The molecule has 1 fully saturated rings. The van der Waals surface area contributed by atoms with Crippen LogP contribution in [0.15, 0.2) is 12.3 Å². The topological polar surface area (TPSA) is 25.8 Å². The molecule has 1 aromatic heterocycles. The Balaban J connectivity index is 2.13. The zero-order chi connectivity index (χ0) is 9.80. The molecule has 0 saturated carbocycles. The minimum Gasteiger partial charge on any atom is -0.240 e. The summed E-state index contributed by atoms with van der Waals surface area (Å²) >= 11 is 7.71. The maximum atomic E-state index is 5.74. The Morgan fingerprint density at radius 3 is 3.14 bits per heavy atom. The van der Waals surface area contributed by atoms with Crippen LogP contribution < -0.4 is 0 Å². The molecule has 0 spiro atoms. The Kier molecular flexibility index (Phi) is 3.65. The molecule has 1 aliphatic rings. The summed E-state index contributed by atoms with van der Waals surface area (Å²) < 4.78 is 0. The fourth-order valence-corrected chi connectivity index (χ4v) is 2.99. The van der Waals surface area contributed by atoms with E-state index >= 15 is 0 Å². The first-order valence-electron chi connectivity index (χ1n) is 4.89. The van der Waals surface area contributed by atoms with Crippen molar-refractivity contribution in [2.75, 3.05) is 5.75 Å². The Morgan fingerprint density at radius 1 is 1.50 bits per heavy atom. The van der Waals surface area contributed by atoms with Gasteiger partial charge in [0, 0.05) is 6.20 Å². The summed E-state index contributed by atoms with van der Waals surface area (Å²) in [7, 11) is 0. The van der Waals surface area contributed by atoms with Crippen LogP contribution in [0.3, 0.4) is 0 Å². The van der Waals surface area contributed by atoms with Crippen molar-refractivity contribution in [3.8, 4) is 0 Å². The summed E-state index contributed by atoms with van der Waals surface area (Å²) in [6.07, 6.45) is 5.65. The largest absolute Gasteiger partial charge is 0.240 e. The van der Waals surface area contributed by atoms with E-state index in [0.717, 1.165) is 11.5 Å². The quantitative estimate of drug-likeness (QED) is 0.728. The summed E-state index contributed by atoms with van der Waals surface area (Å²) in [5.74, 6) is 2.68. The molecule has 14 heavy (non-hydrogen) atoms. The lowest BCUT2D eigenvalue weighted by atomic mass is 10.2. The molecular formula is C10H13ClN2S. The summed E-state index contributed by atoms with van der Waals surface area (Å²) in [5.41, 5.74) is 0.933. The lowest BCUT2D eigenvalue weighted by Gasteiger charge is -2.19. The first-order chi connectivity index (χ1) is 6.90. The zero-order valence-electron chi connectivity index (χ0n) is 7.95. The normalized spacial score (nSPS) is 22.2. The zero-order valence-corrected chi connectivity index (χ0v) is 9.52. The first kappa shape index (κ1) is 10.2. The van der Waals surface area contributed by atoms with E-state index in [2.05, 4.69) is 9.97 Å². The third-order valence-corrected chi connectivity index (χ3v) is 3.98. The number of hydrogen-bond donors (Lipinski definition) is 0. The van der Waals surface area contributed by atoms with Gasteiger partial charge in [-0.2, -0.15) is 11.8 Å². The van der Waals surface area contributed by atoms with Crippen molar-refractivity contribution in [2.45, 2.75) is 30.4 Å². The molecule has 0 aromatic carbocycles. The van der Waals surface area contributed by atoms with Gasteiger partial charge in [-0.05, 0) is 24.7 Å². The van der Waals surface area contributed by atoms with Crippen molar-refractivity contribution < 1.29 is 0 Å². The molecule has 1 aliphatic heterocycles. The SMILES string of the molecule is ClCc1ccnc(C2CCCCS2)n1. The highest BCUT2D eigenvalue weighted by molar-refractivity contribution is 7.99. The molecule has 2 heterocycles. The van der Waals surface area contributed by atoms with Crippen molar-refractivity contribution >= 4 is 23.4 Å². The van der Waals surface area contributed by atoms with E-state index in [1.807, 2.05) is 24.0 Å². The number of aromatic nitrogens is 2. The molecule has 1 saturated heterocycles. The third-order valence-electron chi connectivity index (χ3n) is 2.34. The number of nitrogens with zero attached hydrogens (tertiary/aromatic N) is 2. The summed E-state index contributed by atoms with van der Waals surface area (Å²) in [6, 6.07) is 1.88. The van der Waals surface area contributed by atoms with Crippen LogP contribution in [-0.4, -0.2) is 15.7 Å². The fourth-order valence-electron chi connectivity index (χ4n) is 1.59. The monoisotopic (exact) mass is 228 g/mol. The number of rotatable bonds is 2. The predicted octanol–water partition coefficient (Wildman–Crippen LogP) is 3.17. The highest BCUT2D eigenvalue weighted by Gasteiger charge is 2.18. The van der Waals surface area contributed by atoms with Gasteiger partial charge in [-0.3, -0.25) is 0 Å². The molecule has 0 bridgehead atoms. The van der Waals surface area contributed by atoms with Gasteiger partial charge in [0.15, 0.2) is 0 Å². The van der Waals surface area contributed by atoms with E-state index in [1.54, 1.807) is 0 Å². The number of alkyl halides is 1. The van der Waals surface area contributed by atoms with Crippen LogP contribution in [-0.2, 0) is 5.88 Å². The average molecular weight is 229 g/mol. The van der Waals surface area contributed by atoms with Gasteiger partial charge in [-0.15, -0.1) is 11.6 Å². The molecule has 0 radical (unpaired) electrons. The second kappa shape index (κ2) is 4.99. The smallest absolute Gasteiger partial charge is 0.141 e. The maximum Gasteiger partial charge on any atom is 0.141 e. The Hall–Kier alpha value is -0.280. The van der Waals surface area contributed by atoms with E-state index in [9.17, 15) is 0 Å².